The van der Waals surface area contributed by atoms with E-state index in [2.05, 4.69) is 13.2 Å². The Balaban J connectivity index is 0.000000168. The fourth-order valence-corrected chi connectivity index (χ4v) is 9.36. The molecule has 4 aliphatic rings. The van der Waals surface area contributed by atoms with Crippen LogP contribution in [0.5, 0.6) is 0 Å². The SMILES string of the molecule is C=C1CC2CCCC(C1)C2(CC(=O)O)c1ccc(F)cc1.C=C1CC2CCCC(C1)C2(CC(=O)O)c1ccc(F)cc1. The maximum Gasteiger partial charge on any atom is 0.304 e. The van der Waals surface area contributed by atoms with Crippen molar-refractivity contribution in [2.45, 2.75) is 87.9 Å². The Morgan fingerprint density at radius 3 is 1.17 bits per heavy atom. The van der Waals surface area contributed by atoms with Gasteiger partial charge in [-0.05, 0) is 110 Å². The average molecular weight is 577 g/mol. The summed E-state index contributed by atoms with van der Waals surface area (Å²) in [6.07, 6.45) is 10.4. The first-order valence-electron chi connectivity index (χ1n) is 15.3. The molecule has 4 saturated carbocycles. The number of allylic oxidation sites excluding steroid dienone is 2. The van der Waals surface area contributed by atoms with Gasteiger partial charge in [-0.3, -0.25) is 9.59 Å². The van der Waals surface area contributed by atoms with Gasteiger partial charge >= 0.3 is 11.9 Å². The molecule has 4 aliphatic carbocycles. The van der Waals surface area contributed by atoms with Crippen LogP contribution >= 0.6 is 0 Å². The van der Waals surface area contributed by atoms with Crippen molar-refractivity contribution in [2.24, 2.45) is 23.7 Å². The van der Waals surface area contributed by atoms with E-state index in [9.17, 15) is 28.6 Å². The van der Waals surface area contributed by atoms with E-state index < -0.39 is 11.9 Å². The number of hydrogen-bond acceptors (Lipinski definition) is 2. The van der Waals surface area contributed by atoms with Crippen LogP contribution in [0.4, 0.5) is 8.78 Å². The number of fused-ring (bicyclic) bond motifs is 4. The fourth-order valence-electron chi connectivity index (χ4n) is 9.36. The van der Waals surface area contributed by atoms with Gasteiger partial charge in [-0.15, -0.1) is 0 Å². The molecule has 4 atom stereocenters. The van der Waals surface area contributed by atoms with E-state index in [1.165, 1.54) is 35.4 Å². The van der Waals surface area contributed by atoms with Crippen molar-refractivity contribution in [3.05, 3.63) is 95.6 Å². The number of aliphatic carboxylic acids is 2. The molecule has 4 bridgehead atoms. The first-order chi connectivity index (χ1) is 20.0. The molecule has 2 aromatic rings. The Morgan fingerprint density at radius 2 is 0.905 bits per heavy atom. The minimum absolute atomic E-state index is 0.140. The van der Waals surface area contributed by atoms with Crippen molar-refractivity contribution < 1.29 is 28.6 Å². The first kappa shape index (κ1) is 30.2. The Kier molecular flexibility index (Phi) is 8.73. The summed E-state index contributed by atoms with van der Waals surface area (Å²) in [4.78, 5) is 23.1. The van der Waals surface area contributed by atoms with Gasteiger partial charge in [0.2, 0.25) is 0 Å². The van der Waals surface area contributed by atoms with E-state index in [0.29, 0.717) is 23.7 Å². The van der Waals surface area contributed by atoms with Crippen LogP contribution in [0.3, 0.4) is 0 Å². The summed E-state index contributed by atoms with van der Waals surface area (Å²) in [6, 6.07) is 13.0. The van der Waals surface area contributed by atoms with Crippen LogP contribution in [-0.2, 0) is 20.4 Å². The second-order valence-corrected chi connectivity index (χ2v) is 13.2. The molecule has 224 valence electrons. The molecule has 4 nitrogen and oxygen atoms in total. The van der Waals surface area contributed by atoms with Crippen molar-refractivity contribution in [3.8, 4) is 0 Å². The lowest BCUT2D eigenvalue weighted by molar-refractivity contribution is -0.142. The van der Waals surface area contributed by atoms with Gasteiger partial charge in [0.15, 0.2) is 0 Å². The molecule has 0 amide bonds. The Labute approximate surface area is 247 Å². The fraction of sp³-hybridized carbons (Fsp3) is 0.500. The summed E-state index contributed by atoms with van der Waals surface area (Å²) >= 11 is 0. The van der Waals surface area contributed by atoms with Crippen molar-refractivity contribution in [1.29, 1.82) is 0 Å². The number of hydrogen-bond donors (Lipinski definition) is 2. The predicted octanol–water partition coefficient (Wildman–Crippen LogP) is 8.61. The highest BCUT2D eigenvalue weighted by Gasteiger charge is 2.53. The van der Waals surface area contributed by atoms with Gasteiger partial charge in [-0.1, -0.05) is 61.4 Å². The zero-order valence-corrected chi connectivity index (χ0v) is 24.3. The van der Waals surface area contributed by atoms with Crippen LogP contribution in [0.1, 0.15) is 88.2 Å². The lowest BCUT2D eigenvalue weighted by atomic mass is 9.50. The summed E-state index contributed by atoms with van der Waals surface area (Å²) in [5, 5.41) is 18.9. The van der Waals surface area contributed by atoms with Crippen LogP contribution in [0.15, 0.2) is 72.8 Å². The second kappa shape index (κ2) is 12.1. The van der Waals surface area contributed by atoms with Crippen LogP contribution in [0.2, 0.25) is 0 Å². The Morgan fingerprint density at radius 1 is 0.619 bits per heavy atom. The Hall–Kier alpha value is -3.28. The van der Waals surface area contributed by atoms with Gasteiger partial charge in [0, 0.05) is 10.8 Å². The summed E-state index contributed by atoms with van der Waals surface area (Å²) in [5.74, 6) is -0.784. The lowest BCUT2D eigenvalue weighted by Gasteiger charge is -2.53. The van der Waals surface area contributed by atoms with E-state index in [4.69, 9.17) is 0 Å². The van der Waals surface area contributed by atoms with Crippen LogP contribution in [0, 0.1) is 35.3 Å². The summed E-state index contributed by atoms with van der Waals surface area (Å²) in [7, 11) is 0. The van der Waals surface area contributed by atoms with E-state index in [0.717, 1.165) is 75.3 Å². The van der Waals surface area contributed by atoms with Crippen LogP contribution in [0.25, 0.3) is 0 Å². The standard InChI is InChI=1S/2C18H21FO2/c2*1-12-9-14-3-2-4-15(10-12)18(14,11-17(20)21)13-5-7-16(19)8-6-13/h2*5-8,14-15H,1-4,9-11H2,(H,20,21). The van der Waals surface area contributed by atoms with E-state index in [-0.39, 0.29) is 35.3 Å². The second-order valence-electron chi connectivity index (χ2n) is 13.2. The third-order valence-electron chi connectivity index (χ3n) is 10.9. The summed E-state index contributed by atoms with van der Waals surface area (Å²) < 4.78 is 26.5. The lowest BCUT2D eigenvalue weighted by Crippen LogP contribution is -2.49. The minimum atomic E-state index is -0.760. The third-order valence-corrected chi connectivity index (χ3v) is 10.9. The monoisotopic (exact) mass is 576 g/mol. The topological polar surface area (TPSA) is 74.6 Å². The van der Waals surface area contributed by atoms with E-state index in [1.54, 1.807) is 24.3 Å². The Bertz CT molecular complexity index is 1190. The average Bonchev–Trinajstić information content (AvgIpc) is 2.90. The number of halogens is 2. The van der Waals surface area contributed by atoms with Gasteiger partial charge < -0.3 is 10.2 Å². The zero-order valence-electron chi connectivity index (χ0n) is 24.3. The smallest absolute Gasteiger partial charge is 0.304 e. The molecule has 6 rings (SSSR count). The molecule has 2 aromatic carbocycles. The summed E-state index contributed by atoms with van der Waals surface area (Å²) in [6.45, 7) is 8.28. The molecule has 42 heavy (non-hydrogen) atoms. The molecule has 4 fully saturated rings. The molecule has 0 aliphatic heterocycles. The highest BCUT2D eigenvalue weighted by atomic mass is 19.1. The molecule has 0 saturated heterocycles. The van der Waals surface area contributed by atoms with Gasteiger partial charge in [0.1, 0.15) is 11.6 Å². The number of benzene rings is 2. The maximum absolute atomic E-state index is 13.3. The van der Waals surface area contributed by atoms with Crippen molar-refractivity contribution >= 4 is 11.9 Å². The van der Waals surface area contributed by atoms with Crippen molar-refractivity contribution in [1.82, 2.24) is 0 Å². The predicted molar refractivity (Wildman–Crippen MR) is 159 cm³/mol. The van der Waals surface area contributed by atoms with Gasteiger partial charge in [-0.2, -0.15) is 0 Å². The van der Waals surface area contributed by atoms with Gasteiger partial charge in [0.05, 0.1) is 12.8 Å². The molecule has 4 unspecified atom stereocenters. The largest absolute Gasteiger partial charge is 0.481 e. The quantitative estimate of drug-likeness (QED) is 0.338. The van der Waals surface area contributed by atoms with E-state index in [1.807, 2.05) is 0 Å². The minimum Gasteiger partial charge on any atom is -0.481 e. The molecule has 6 heteroatoms. The number of carboxylic acids is 2. The van der Waals surface area contributed by atoms with Gasteiger partial charge in [0.25, 0.3) is 0 Å². The van der Waals surface area contributed by atoms with E-state index >= 15 is 0 Å². The van der Waals surface area contributed by atoms with Crippen LogP contribution < -0.4 is 0 Å². The zero-order chi connectivity index (χ0) is 30.1. The van der Waals surface area contributed by atoms with Crippen LogP contribution in [-0.4, -0.2) is 22.2 Å². The highest BCUT2D eigenvalue weighted by Crippen LogP contribution is 2.58. The summed E-state index contributed by atoms with van der Waals surface area (Å²) in [5.41, 5.74) is 3.78. The molecule has 0 radical (unpaired) electrons. The third kappa shape index (κ3) is 5.69. The van der Waals surface area contributed by atoms with Crippen molar-refractivity contribution in [3.63, 3.8) is 0 Å². The molecule has 0 heterocycles. The molecule has 0 spiro atoms. The molecular weight excluding hydrogens is 534 g/mol. The van der Waals surface area contributed by atoms with Crippen molar-refractivity contribution in [2.75, 3.05) is 0 Å². The molecule has 0 aromatic heterocycles. The maximum atomic E-state index is 13.3. The first-order valence-corrected chi connectivity index (χ1v) is 15.3. The number of carboxylic acid groups (broad SMARTS) is 2. The highest BCUT2D eigenvalue weighted by molar-refractivity contribution is 5.70. The normalized spacial score (nSPS) is 32.0. The number of carbonyl (C=O) groups is 2. The number of rotatable bonds is 6. The molecule has 2 N–H and O–H groups in total. The van der Waals surface area contributed by atoms with Gasteiger partial charge in [-0.25, -0.2) is 8.78 Å². The molecular formula is C36H42F2O4.